The van der Waals surface area contributed by atoms with Crippen molar-refractivity contribution in [1.82, 2.24) is 10.3 Å². The molecule has 82 valence electrons. The average molecular weight is 208 g/mol. The molecule has 0 aliphatic carbocycles. The fourth-order valence-electron chi connectivity index (χ4n) is 1.14. The van der Waals surface area contributed by atoms with Crippen LogP contribution in [0.4, 0.5) is 0 Å². The number of hydrogen-bond donors (Lipinski definition) is 1. The second-order valence-corrected chi connectivity index (χ2v) is 3.22. The van der Waals surface area contributed by atoms with Crippen LogP contribution in [-0.4, -0.2) is 24.1 Å². The Morgan fingerprint density at radius 2 is 2.40 bits per heavy atom. The van der Waals surface area contributed by atoms with Crippen molar-refractivity contribution in [2.45, 2.75) is 20.4 Å². The highest BCUT2D eigenvalue weighted by molar-refractivity contribution is 5.77. The van der Waals surface area contributed by atoms with Crippen molar-refractivity contribution in [3.63, 3.8) is 0 Å². The molecule has 0 aliphatic rings. The van der Waals surface area contributed by atoms with Crippen LogP contribution in [0.3, 0.4) is 0 Å². The van der Waals surface area contributed by atoms with Crippen molar-refractivity contribution in [2.24, 2.45) is 0 Å². The summed E-state index contributed by atoms with van der Waals surface area (Å²) in [6.07, 6.45) is 3.50. The molecule has 0 aromatic carbocycles. The summed E-state index contributed by atoms with van der Waals surface area (Å²) in [4.78, 5) is 15.2. The van der Waals surface area contributed by atoms with E-state index in [9.17, 15) is 4.79 Å². The van der Waals surface area contributed by atoms with Gasteiger partial charge in [-0.3, -0.25) is 9.78 Å². The number of carbonyl (C=O) groups excluding carboxylic acids is 1. The van der Waals surface area contributed by atoms with E-state index in [4.69, 9.17) is 4.74 Å². The van der Waals surface area contributed by atoms with E-state index in [1.807, 2.05) is 19.9 Å². The van der Waals surface area contributed by atoms with Crippen LogP contribution in [-0.2, 0) is 16.1 Å². The third-order valence-electron chi connectivity index (χ3n) is 2.05. The molecule has 1 amide bonds. The largest absolute Gasteiger partial charge is 0.372 e. The van der Waals surface area contributed by atoms with E-state index in [0.29, 0.717) is 13.2 Å². The molecule has 1 N–H and O–H groups in total. The lowest BCUT2D eigenvalue weighted by atomic mass is 10.1. The average Bonchev–Trinajstić information content (AvgIpc) is 2.25. The van der Waals surface area contributed by atoms with Gasteiger partial charge in [0.05, 0.1) is 0 Å². The van der Waals surface area contributed by atoms with E-state index in [1.165, 1.54) is 0 Å². The number of rotatable bonds is 5. The second kappa shape index (κ2) is 6.14. The normalized spacial score (nSPS) is 10.0. The topological polar surface area (TPSA) is 51.2 Å². The molecule has 1 rings (SSSR count). The molecule has 0 saturated heterocycles. The molecule has 1 aromatic heterocycles. The Morgan fingerprint density at radius 3 is 3.07 bits per heavy atom. The molecule has 0 saturated carbocycles. The fourth-order valence-corrected chi connectivity index (χ4v) is 1.14. The highest BCUT2D eigenvalue weighted by Gasteiger charge is 2.02. The first kappa shape index (κ1) is 11.7. The minimum atomic E-state index is -0.0898. The summed E-state index contributed by atoms with van der Waals surface area (Å²) >= 11 is 0. The number of aromatic nitrogens is 1. The minimum absolute atomic E-state index is 0.0898. The minimum Gasteiger partial charge on any atom is -0.372 e. The van der Waals surface area contributed by atoms with Crippen molar-refractivity contribution in [3.8, 4) is 0 Å². The van der Waals surface area contributed by atoms with Crippen molar-refractivity contribution in [3.05, 3.63) is 29.6 Å². The molecular weight excluding hydrogens is 192 g/mol. The Hall–Kier alpha value is -1.42. The van der Waals surface area contributed by atoms with Gasteiger partial charge in [-0.15, -0.1) is 0 Å². The van der Waals surface area contributed by atoms with Gasteiger partial charge in [0.2, 0.25) is 5.91 Å². The van der Waals surface area contributed by atoms with Crippen LogP contribution in [0.5, 0.6) is 0 Å². The van der Waals surface area contributed by atoms with Gasteiger partial charge in [-0.1, -0.05) is 0 Å². The number of hydrogen-bond acceptors (Lipinski definition) is 3. The van der Waals surface area contributed by atoms with Crippen molar-refractivity contribution >= 4 is 5.91 Å². The summed E-state index contributed by atoms with van der Waals surface area (Å²) in [5.74, 6) is -0.0898. The summed E-state index contributed by atoms with van der Waals surface area (Å²) in [5, 5.41) is 2.78. The van der Waals surface area contributed by atoms with Crippen LogP contribution in [0.25, 0.3) is 0 Å². The van der Waals surface area contributed by atoms with Crippen LogP contribution in [0.2, 0.25) is 0 Å². The Kier molecular flexibility index (Phi) is 4.77. The van der Waals surface area contributed by atoms with Crippen LogP contribution in [0, 0.1) is 6.92 Å². The lowest BCUT2D eigenvalue weighted by Crippen LogP contribution is -2.27. The lowest BCUT2D eigenvalue weighted by Gasteiger charge is -2.07. The third kappa shape index (κ3) is 4.08. The number of carbonyl (C=O) groups is 1. The van der Waals surface area contributed by atoms with E-state index in [-0.39, 0.29) is 12.5 Å². The van der Waals surface area contributed by atoms with Gasteiger partial charge in [0.25, 0.3) is 0 Å². The molecule has 1 aromatic rings. The number of nitrogens with zero attached hydrogens (tertiary/aromatic N) is 1. The number of nitrogens with one attached hydrogen (secondary N) is 1. The summed E-state index contributed by atoms with van der Waals surface area (Å²) in [5.41, 5.74) is 2.16. The third-order valence-corrected chi connectivity index (χ3v) is 2.05. The van der Waals surface area contributed by atoms with Crippen molar-refractivity contribution in [1.29, 1.82) is 0 Å². The molecule has 0 aliphatic heterocycles. The zero-order valence-electron chi connectivity index (χ0n) is 9.12. The molecule has 0 unspecified atom stereocenters. The van der Waals surface area contributed by atoms with Crippen LogP contribution >= 0.6 is 0 Å². The SMILES string of the molecule is CCOCC(=O)NCc1ccncc1C. The van der Waals surface area contributed by atoms with Crippen molar-refractivity contribution in [2.75, 3.05) is 13.2 Å². The summed E-state index contributed by atoms with van der Waals surface area (Å²) in [6, 6.07) is 1.90. The van der Waals surface area contributed by atoms with Crippen LogP contribution in [0.1, 0.15) is 18.1 Å². The highest BCUT2D eigenvalue weighted by atomic mass is 16.5. The predicted octanol–water partition coefficient (Wildman–Crippen LogP) is 1.04. The molecule has 1 heterocycles. The maximum absolute atomic E-state index is 11.2. The molecule has 0 bridgehead atoms. The van der Waals surface area contributed by atoms with Crippen LogP contribution in [0.15, 0.2) is 18.5 Å². The summed E-state index contributed by atoms with van der Waals surface area (Å²) in [6.45, 7) is 5.04. The zero-order valence-corrected chi connectivity index (χ0v) is 9.12. The maximum atomic E-state index is 11.2. The molecule has 4 nitrogen and oxygen atoms in total. The molecular formula is C11H16N2O2. The molecule has 0 fully saturated rings. The molecule has 4 heteroatoms. The van der Waals surface area contributed by atoms with Gasteiger partial charge in [-0.2, -0.15) is 0 Å². The Morgan fingerprint density at radius 1 is 1.60 bits per heavy atom. The van der Waals surface area contributed by atoms with Gasteiger partial charge in [-0.05, 0) is 31.0 Å². The van der Waals surface area contributed by atoms with Crippen molar-refractivity contribution < 1.29 is 9.53 Å². The number of aryl methyl sites for hydroxylation is 1. The predicted molar refractivity (Wildman–Crippen MR) is 57.3 cm³/mol. The van der Waals surface area contributed by atoms with Gasteiger partial charge in [0.1, 0.15) is 6.61 Å². The van der Waals surface area contributed by atoms with E-state index in [0.717, 1.165) is 11.1 Å². The standard InChI is InChI=1S/C11H16N2O2/c1-3-15-8-11(14)13-7-10-4-5-12-6-9(10)2/h4-6H,3,7-8H2,1-2H3,(H,13,14). The van der Waals surface area contributed by atoms with E-state index in [2.05, 4.69) is 10.3 Å². The van der Waals surface area contributed by atoms with E-state index >= 15 is 0 Å². The molecule has 0 spiro atoms. The smallest absolute Gasteiger partial charge is 0.246 e. The molecule has 15 heavy (non-hydrogen) atoms. The number of amides is 1. The van der Waals surface area contributed by atoms with Gasteiger partial charge in [0, 0.05) is 25.5 Å². The first-order valence-corrected chi connectivity index (χ1v) is 4.98. The highest BCUT2D eigenvalue weighted by Crippen LogP contribution is 2.03. The van der Waals surface area contributed by atoms with E-state index < -0.39 is 0 Å². The Balaban J connectivity index is 2.37. The molecule has 0 atom stereocenters. The Labute approximate surface area is 89.7 Å². The van der Waals surface area contributed by atoms with Crippen LogP contribution < -0.4 is 5.32 Å². The first-order valence-electron chi connectivity index (χ1n) is 4.98. The van der Waals surface area contributed by atoms with Gasteiger partial charge < -0.3 is 10.1 Å². The first-order chi connectivity index (χ1) is 7.24. The zero-order chi connectivity index (χ0) is 11.1. The second-order valence-electron chi connectivity index (χ2n) is 3.22. The maximum Gasteiger partial charge on any atom is 0.246 e. The van der Waals surface area contributed by atoms with E-state index in [1.54, 1.807) is 12.4 Å². The quantitative estimate of drug-likeness (QED) is 0.786. The van der Waals surface area contributed by atoms with Gasteiger partial charge >= 0.3 is 0 Å². The monoisotopic (exact) mass is 208 g/mol. The van der Waals surface area contributed by atoms with Gasteiger partial charge in [-0.25, -0.2) is 0 Å². The summed E-state index contributed by atoms with van der Waals surface area (Å²) in [7, 11) is 0. The fraction of sp³-hybridized carbons (Fsp3) is 0.455. The lowest BCUT2D eigenvalue weighted by molar-refractivity contribution is -0.125. The molecule has 0 radical (unpaired) electrons. The number of ether oxygens (including phenoxy) is 1. The Bertz CT molecular complexity index is 326. The summed E-state index contributed by atoms with van der Waals surface area (Å²) < 4.78 is 4.99. The number of pyridine rings is 1. The van der Waals surface area contributed by atoms with Gasteiger partial charge in [0.15, 0.2) is 0 Å².